The van der Waals surface area contributed by atoms with Crippen molar-refractivity contribution in [3.05, 3.63) is 41.5 Å². The number of imide groups is 1. The lowest BCUT2D eigenvalue weighted by atomic mass is 9.85. The van der Waals surface area contributed by atoms with Crippen LogP contribution in [0.4, 0.5) is 5.69 Å². The molecule has 0 radical (unpaired) electrons. The number of carbonyl (C=O) groups is 3. The first kappa shape index (κ1) is 13.5. The molecule has 1 fully saturated rings. The second kappa shape index (κ2) is 4.84. The monoisotopic (exact) mass is 285 g/mol. The Morgan fingerprint density at radius 2 is 1.71 bits per heavy atom. The van der Waals surface area contributed by atoms with E-state index in [0.717, 1.165) is 4.90 Å². The molecule has 3 rings (SSSR count). The van der Waals surface area contributed by atoms with Crippen LogP contribution in [0.25, 0.3) is 0 Å². The molecule has 5 heteroatoms. The minimum absolute atomic E-state index is 0.112. The molecule has 2 aliphatic rings. The van der Waals surface area contributed by atoms with Gasteiger partial charge in [-0.15, -0.1) is 0 Å². The number of aryl methyl sites for hydroxylation is 1. The topological polar surface area (TPSA) is 74.7 Å². The van der Waals surface area contributed by atoms with Crippen molar-refractivity contribution in [1.82, 2.24) is 0 Å². The van der Waals surface area contributed by atoms with Crippen LogP contribution in [0.3, 0.4) is 0 Å². The van der Waals surface area contributed by atoms with E-state index in [4.69, 9.17) is 0 Å². The number of carboxylic acids is 1. The van der Waals surface area contributed by atoms with Crippen molar-refractivity contribution in [2.45, 2.75) is 19.8 Å². The van der Waals surface area contributed by atoms with E-state index < -0.39 is 5.97 Å². The Kier molecular flexibility index (Phi) is 3.12. The average molecular weight is 285 g/mol. The highest BCUT2D eigenvalue weighted by Crippen LogP contribution is 2.38. The van der Waals surface area contributed by atoms with Crippen LogP contribution in [0.1, 0.15) is 28.8 Å². The summed E-state index contributed by atoms with van der Waals surface area (Å²) in [7, 11) is 0. The highest BCUT2D eigenvalue weighted by atomic mass is 16.4. The van der Waals surface area contributed by atoms with Gasteiger partial charge in [0.15, 0.2) is 0 Å². The lowest BCUT2D eigenvalue weighted by molar-refractivity contribution is -0.122. The summed E-state index contributed by atoms with van der Waals surface area (Å²) in [5.74, 6) is -2.13. The van der Waals surface area contributed by atoms with Crippen molar-refractivity contribution in [1.29, 1.82) is 0 Å². The van der Waals surface area contributed by atoms with Crippen molar-refractivity contribution >= 4 is 23.5 Å². The SMILES string of the molecule is Cc1ccc(N2C(=O)C3CC=CCC3C2=O)cc1C(=O)O. The van der Waals surface area contributed by atoms with Crippen molar-refractivity contribution in [2.24, 2.45) is 11.8 Å². The van der Waals surface area contributed by atoms with E-state index in [-0.39, 0.29) is 29.2 Å². The van der Waals surface area contributed by atoms with Gasteiger partial charge in [-0.1, -0.05) is 18.2 Å². The Morgan fingerprint density at radius 1 is 1.14 bits per heavy atom. The van der Waals surface area contributed by atoms with Gasteiger partial charge in [-0.05, 0) is 37.5 Å². The first-order valence-corrected chi connectivity index (χ1v) is 6.87. The van der Waals surface area contributed by atoms with Gasteiger partial charge in [-0.25, -0.2) is 4.79 Å². The summed E-state index contributed by atoms with van der Waals surface area (Å²) in [4.78, 5) is 37.2. The normalized spacial score (nSPS) is 24.3. The van der Waals surface area contributed by atoms with Crippen LogP contribution in [0.2, 0.25) is 0 Å². The van der Waals surface area contributed by atoms with E-state index in [9.17, 15) is 19.5 Å². The summed E-state index contributed by atoms with van der Waals surface area (Å²) in [6, 6.07) is 4.65. The molecule has 1 aromatic rings. The standard InChI is InChI=1S/C16H15NO4/c1-9-6-7-10(8-13(9)16(20)21)17-14(18)11-4-2-3-5-12(11)15(17)19/h2-3,6-8,11-12H,4-5H2,1H3,(H,20,21). The predicted molar refractivity (Wildman–Crippen MR) is 76.0 cm³/mol. The van der Waals surface area contributed by atoms with Crippen LogP contribution in [0.5, 0.6) is 0 Å². The molecule has 108 valence electrons. The van der Waals surface area contributed by atoms with Gasteiger partial charge in [0.1, 0.15) is 0 Å². The number of allylic oxidation sites excluding steroid dienone is 2. The first-order valence-electron chi connectivity index (χ1n) is 6.87. The molecule has 1 saturated heterocycles. The number of fused-ring (bicyclic) bond motifs is 1. The highest BCUT2D eigenvalue weighted by molar-refractivity contribution is 6.22. The summed E-state index contributed by atoms with van der Waals surface area (Å²) in [6.45, 7) is 1.69. The van der Waals surface area contributed by atoms with Gasteiger partial charge >= 0.3 is 5.97 Å². The largest absolute Gasteiger partial charge is 0.478 e. The summed E-state index contributed by atoms with van der Waals surface area (Å²) in [5.41, 5.74) is 1.06. The van der Waals surface area contributed by atoms with E-state index in [0.29, 0.717) is 24.1 Å². The van der Waals surface area contributed by atoms with E-state index in [1.54, 1.807) is 19.1 Å². The molecular weight excluding hydrogens is 270 g/mol. The smallest absolute Gasteiger partial charge is 0.336 e. The quantitative estimate of drug-likeness (QED) is 0.667. The Balaban J connectivity index is 2.01. The fourth-order valence-corrected chi connectivity index (χ4v) is 3.03. The van der Waals surface area contributed by atoms with Gasteiger partial charge in [-0.2, -0.15) is 0 Å². The maximum Gasteiger partial charge on any atom is 0.336 e. The number of hydrogen-bond donors (Lipinski definition) is 1. The van der Waals surface area contributed by atoms with Crippen molar-refractivity contribution < 1.29 is 19.5 Å². The van der Waals surface area contributed by atoms with Crippen LogP contribution in [0, 0.1) is 18.8 Å². The Morgan fingerprint density at radius 3 is 2.24 bits per heavy atom. The van der Waals surface area contributed by atoms with Gasteiger partial charge in [-0.3, -0.25) is 14.5 Å². The zero-order valence-electron chi connectivity index (χ0n) is 11.6. The van der Waals surface area contributed by atoms with Crippen molar-refractivity contribution in [3.8, 4) is 0 Å². The average Bonchev–Trinajstić information content (AvgIpc) is 2.72. The Hall–Kier alpha value is -2.43. The van der Waals surface area contributed by atoms with E-state index in [2.05, 4.69) is 0 Å². The second-order valence-electron chi connectivity index (χ2n) is 5.47. The molecule has 0 spiro atoms. The number of aromatic carboxylic acids is 1. The van der Waals surface area contributed by atoms with Crippen LogP contribution >= 0.6 is 0 Å². The molecule has 0 saturated carbocycles. The van der Waals surface area contributed by atoms with Gasteiger partial charge < -0.3 is 5.11 Å². The van der Waals surface area contributed by atoms with Crippen LogP contribution in [-0.4, -0.2) is 22.9 Å². The Labute approximate surface area is 121 Å². The minimum atomic E-state index is -1.06. The molecule has 5 nitrogen and oxygen atoms in total. The highest BCUT2D eigenvalue weighted by Gasteiger charge is 2.47. The number of carboxylic acid groups (broad SMARTS) is 1. The third-order valence-electron chi connectivity index (χ3n) is 4.22. The van der Waals surface area contributed by atoms with E-state index >= 15 is 0 Å². The summed E-state index contributed by atoms with van der Waals surface area (Å²) in [5, 5.41) is 9.17. The third-order valence-corrected chi connectivity index (χ3v) is 4.22. The lowest BCUT2D eigenvalue weighted by Gasteiger charge is -2.16. The molecular formula is C16H15NO4. The first-order chi connectivity index (χ1) is 10.0. The van der Waals surface area contributed by atoms with E-state index in [1.165, 1.54) is 6.07 Å². The third kappa shape index (κ3) is 2.05. The van der Waals surface area contributed by atoms with Crippen LogP contribution in [-0.2, 0) is 9.59 Å². The number of rotatable bonds is 2. The van der Waals surface area contributed by atoms with E-state index in [1.807, 2.05) is 12.2 Å². The predicted octanol–water partition coefficient (Wildman–Crippen LogP) is 2.15. The maximum absolute atomic E-state index is 12.4. The molecule has 1 heterocycles. The molecule has 0 bridgehead atoms. The Bertz CT molecular complexity index is 651. The fraction of sp³-hybridized carbons (Fsp3) is 0.312. The number of carbonyl (C=O) groups excluding carboxylic acids is 2. The van der Waals surface area contributed by atoms with Crippen LogP contribution < -0.4 is 4.90 Å². The molecule has 1 aliphatic heterocycles. The van der Waals surface area contributed by atoms with Gasteiger partial charge in [0.2, 0.25) is 11.8 Å². The number of benzene rings is 1. The maximum atomic E-state index is 12.4. The molecule has 1 aliphatic carbocycles. The molecule has 1 aromatic carbocycles. The molecule has 2 unspecified atom stereocenters. The minimum Gasteiger partial charge on any atom is -0.478 e. The molecule has 1 N–H and O–H groups in total. The number of anilines is 1. The zero-order chi connectivity index (χ0) is 15.1. The zero-order valence-corrected chi connectivity index (χ0v) is 11.6. The fourth-order valence-electron chi connectivity index (χ4n) is 3.03. The van der Waals surface area contributed by atoms with Crippen molar-refractivity contribution in [3.63, 3.8) is 0 Å². The molecule has 2 amide bonds. The molecule has 0 aromatic heterocycles. The number of amides is 2. The lowest BCUT2D eigenvalue weighted by Crippen LogP contribution is -2.31. The molecule has 21 heavy (non-hydrogen) atoms. The summed E-state index contributed by atoms with van der Waals surface area (Å²) in [6.07, 6.45) is 4.99. The van der Waals surface area contributed by atoms with Crippen LogP contribution in [0.15, 0.2) is 30.4 Å². The van der Waals surface area contributed by atoms with Gasteiger partial charge in [0.05, 0.1) is 23.1 Å². The summed E-state index contributed by atoms with van der Waals surface area (Å²) < 4.78 is 0. The summed E-state index contributed by atoms with van der Waals surface area (Å²) >= 11 is 0. The molecule has 2 atom stereocenters. The second-order valence-corrected chi connectivity index (χ2v) is 5.47. The van der Waals surface area contributed by atoms with Gasteiger partial charge in [0, 0.05) is 0 Å². The number of hydrogen-bond acceptors (Lipinski definition) is 3. The number of nitrogens with zero attached hydrogens (tertiary/aromatic N) is 1. The van der Waals surface area contributed by atoms with Gasteiger partial charge in [0.25, 0.3) is 0 Å². The van der Waals surface area contributed by atoms with Crippen molar-refractivity contribution in [2.75, 3.05) is 4.90 Å².